The van der Waals surface area contributed by atoms with E-state index >= 15 is 0 Å². The minimum absolute atomic E-state index is 0.125. The molecule has 0 aromatic heterocycles. The van der Waals surface area contributed by atoms with Gasteiger partial charge in [0, 0.05) is 24.3 Å². The number of nitrogens with one attached hydrogen (secondary N) is 1. The Kier molecular flexibility index (Phi) is 5.33. The molecular formula is C25H24N2O4S. The maximum Gasteiger partial charge on any atom is 0.255 e. The lowest BCUT2D eigenvalue weighted by molar-refractivity contribution is 0.0730. The SMILES string of the molecule is Cc1ccc(S(=O)(=O)N2CCOCC2)cc1C(=O)Nc1ccc2c(c1)Cc1ccccc1-2. The zero-order valence-corrected chi connectivity index (χ0v) is 18.6. The summed E-state index contributed by atoms with van der Waals surface area (Å²) in [5, 5.41) is 2.95. The summed E-state index contributed by atoms with van der Waals surface area (Å²) in [6, 6.07) is 18.9. The number of aryl methyl sites for hydroxylation is 1. The van der Waals surface area contributed by atoms with Gasteiger partial charge in [0.15, 0.2) is 0 Å². The summed E-state index contributed by atoms with van der Waals surface area (Å²) < 4.78 is 32.7. The van der Waals surface area contributed by atoms with Crippen LogP contribution in [-0.2, 0) is 21.2 Å². The van der Waals surface area contributed by atoms with E-state index in [1.165, 1.54) is 32.6 Å². The van der Waals surface area contributed by atoms with Crippen LogP contribution in [0.25, 0.3) is 11.1 Å². The molecule has 32 heavy (non-hydrogen) atoms. The van der Waals surface area contributed by atoms with Gasteiger partial charge in [-0.2, -0.15) is 4.31 Å². The molecule has 1 aliphatic heterocycles. The van der Waals surface area contributed by atoms with E-state index in [1.807, 2.05) is 30.3 Å². The molecule has 0 spiro atoms. The number of anilines is 1. The van der Waals surface area contributed by atoms with Crippen LogP contribution in [0.1, 0.15) is 27.0 Å². The van der Waals surface area contributed by atoms with Crippen molar-refractivity contribution in [2.24, 2.45) is 0 Å². The maximum absolute atomic E-state index is 13.1. The Balaban J connectivity index is 1.39. The van der Waals surface area contributed by atoms with Crippen LogP contribution in [0.15, 0.2) is 65.6 Å². The number of fused-ring (bicyclic) bond motifs is 3. The highest BCUT2D eigenvalue weighted by Crippen LogP contribution is 2.37. The third kappa shape index (κ3) is 3.72. The van der Waals surface area contributed by atoms with Crippen LogP contribution in [0.5, 0.6) is 0 Å². The van der Waals surface area contributed by atoms with Crippen molar-refractivity contribution in [3.8, 4) is 11.1 Å². The number of sulfonamides is 1. The smallest absolute Gasteiger partial charge is 0.255 e. The lowest BCUT2D eigenvalue weighted by Gasteiger charge is -2.26. The van der Waals surface area contributed by atoms with E-state index in [-0.39, 0.29) is 10.8 Å². The van der Waals surface area contributed by atoms with E-state index in [2.05, 4.69) is 17.4 Å². The molecule has 1 amide bonds. The van der Waals surface area contributed by atoms with Gasteiger partial charge in [-0.25, -0.2) is 8.42 Å². The molecule has 0 atom stereocenters. The molecule has 1 aliphatic carbocycles. The van der Waals surface area contributed by atoms with Gasteiger partial charge in [-0.15, -0.1) is 0 Å². The number of carbonyl (C=O) groups excluding carboxylic acids is 1. The van der Waals surface area contributed by atoms with Crippen molar-refractivity contribution in [3.63, 3.8) is 0 Å². The summed E-state index contributed by atoms with van der Waals surface area (Å²) in [6.07, 6.45) is 0.835. The number of morpholine rings is 1. The fourth-order valence-corrected chi connectivity index (χ4v) is 5.80. The second-order valence-electron chi connectivity index (χ2n) is 8.15. The van der Waals surface area contributed by atoms with Crippen LogP contribution in [0.4, 0.5) is 5.69 Å². The maximum atomic E-state index is 13.1. The zero-order valence-electron chi connectivity index (χ0n) is 17.8. The van der Waals surface area contributed by atoms with Gasteiger partial charge < -0.3 is 10.1 Å². The van der Waals surface area contributed by atoms with Crippen molar-refractivity contribution in [3.05, 3.63) is 82.9 Å². The fraction of sp³-hybridized carbons (Fsp3) is 0.240. The third-order valence-corrected chi connectivity index (χ3v) is 8.01. The van der Waals surface area contributed by atoms with Crippen molar-refractivity contribution in [2.45, 2.75) is 18.2 Å². The number of carbonyl (C=O) groups is 1. The molecule has 1 fully saturated rings. The highest BCUT2D eigenvalue weighted by atomic mass is 32.2. The molecule has 0 saturated carbocycles. The Morgan fingerprint density at radius 2 is 1.69 bits per heavy atom. The largest absolute Gasteiger partial charge is 0.379 e. The summed E-state index contributed by atoms with van der Waals surface area (Å²) in [6.45, 7) is 3.19. The minimum atomic E-state index is -3.67. The van der Waals surface area contributed by atoms with Gasteiger partial charge in [0.1, 0.15) is 0 Å². The second-order valence-corrected chi connectivity index (χ2v) is 10.1. The number of amides is 1. The van der Waals surface area contributed by atoms with Crippen LogP contribution in [-0.4, -0.2) is 44.9 Å². The predicted molar refractivity (Wildman–Crippen MR) is 123 cm³/mol. The first-order chi connectivity index (χ1) is 15.4. The predicted octanol–water partition coefficient (Wildman–Crippen LogP) is 3.84. The Labute approximate surface area is 187 Å². The van der Waals surface area contributed by atoms with Crippen molar-refractivity contribution in [1.29, 1.82) is 0 Å². The lowest BCUT2D eigenvalue weighted by Crippen LogP contribution is -2.40. The van der Waals surface area contributed by atoms with Gasteiger partial charge in [-0.3, -0.25) is 4.79 Å². The van der Waals surface area contributed by atoms with Crippen molar-refractivity contribution in [2.75, 3.05) is 31.6 Å². The van der Waals surface area contributed by atoms with E-state index in [4.69, 9.17) is 4.74 Å². The molecule has 0 radical (unpaired) electrons. The average Bonchev–Trinajstić information content (AvgIpc) is 3.17. The monoisotopic (exact) mass is 448 g/mol. The average molecular weight is 449 g/mol. The molecule has 1 N–H and O–H groups in total. The Bertz CT molecular complexity index is 1310. The number of ether oxygens (including phenoxy) is 1. The van der Waals surface area contributed by atoms with Gasteiger partial charge in [-0.05, 0) is 65.4 Å². The topological polar surface area (TPSA) is 75.7 Å². The molecule has 5 rings (SSSR count). The first-order valence-electron chi connectivity index (χ1n) is 10.6. The number of hydrogen-bond donors (Lipinski definition) is 1. The first kappa shape index (κ1) is 20.9. The second kappa shape index (κ2) is 8.16. The van der Waals surface area contributed by atoms with Crippen LogP contribution in [0.2, 0.25) is 0 Å². The third-order valence-electron chi connectivity index (χ3n) is 6.11. The summed E-state index contributed by atoms with van der Waals surface area (Å²) in [7, 11) is -3.67. The van der Waals surface area contributed by atoms with E-state index in [1.54, 1.807) is 19.1 Å². The summed E-state index contributed by atoms with van der Waals surface area (Å²) in [5.74, 6) is -0.322. The molecule has 2 aliphatic rings. The number of benzene rings is 3. The minimum Gasteiger partial charge on any atom is -0.379 e. The number of rotatable bonds is 4. The molecular weight excluding hydrogens is 424 g/mol. The summed E-state index contributed by atoms with van der Waals surface area (Å²) >= 11 is 0. The molecule has 7 heteroatoms. The molecule has 6 nitrogen and oxygen atoms in total. The van der Waals surface area contributed by atoms with Crippen LogP contribution in [0.3, 0.4) is 0 Å². The molecule has 3 aromatic carbocycles. The first-order valence-corrected chi connectivity index (χ1v) is 12.1. The summed E-state index contributed by atoms with van der Waals surface area (Å²) in [4.78, 5) is 13.2. The van der Waals surface area contributed by atoms with Crippen molar-refractivity contribution in [1.82, 2.24) is 4.31 Å². The molecule has 0 unspecified atom stereocenters. The number of hydrogen-bond acceptors (Lipinski definition) is 4. The standard InChI is InChI=1S/C25H24N2O4S/c1-17-6-8-21(32(29,30)27-10-12-31-13-11-27)16-24(17)25(28)26-20-7-9-23-19(15-20)14-18-4-2-3-5-22(18)23/h2-9,15-16H,10-14H2,1H3,(H,26,28). The van der Waals surface area contributed by atoms with Gasteiger partial charge in [0.25, 0.3) is 5.91 Å². The van der Waals surface area contributed by atoms with Crippen LogP contribution < -0.4 is 5.32 Å². The fourth-order valence-electron chi connectivity index (χ4n) is 4.36. The molecule has 1 saturated heterocycles. The van der Waals surface area contributed by atoms with Gasteiger partial charge >= 0.3 is 0 Å². The quantitative estimate of drug-likeness (QED) is 0.515. The highest BCUT2D eigenvalue weighted by molar-refractivity contribution is 7.89. The van der Waals surface area contributed by atoms with Gasteiger partial charge in [0.05, 0.1) is 18.1 Å². The Morgan fingerprint density at radius 1 is 0.938 bits per heavy atom. The summed E-state index contributed by atoms with van der Waals surface area (Å²) in [5.41, 5.74) is 6.64. The lowest BCUT2D eigenvalue weighted by atomic mass is 10.1. The molecule has 0 bridgehead atoms. The van der Waals surface area contributed by atoms with Crippen molar-refractivity contribution >= 4 is 21.6 Å². The number of nitrogens with zero attached hydrogens (tertiary/aromatic N) is 1. The Morgan fingerprint density at radius 3 is 2.50 bits per heavy atom. The highest BCUT2D eigenvalue weighted by Gasteiger charge is 2.27. The Hall–Kier alpha value is -3.00. The normalized spacial score (nSPS) is 15.8. The van der Waals surface area contributed by atoms with Crippen molar-refractivity contribution < 1.29 is 17.9 Å². The zero-order chi connectivity index (χ0) is 22.3. The van der Waals surface area contributed by atoms with Gasteiger partial charge in [-0.1, -0.05) is 36.4 Å². The molecule has 1 heterocycles. The van der Waals surface area contributed by atoms with Crippen LogP contribution >= 0.6 is 0 Å². The van der Waals surface area contributed by atoms with Gasteiger partial charge in [0.2, 0.25) is 10.0 Å². The van der Waals surface area contributed by atoms with E-state index in [9.17, 15) is 13.2 Å². The van der Waals surface area contributed by atoms with E-state index in [0.29, 0.717) is 37.6 Å². The molecule has 3 aromatic rings. The molecule has 164 valence electrons. The van der Waals surface area contributed by atoms with Crippen LogP contribution in [0, 0.1) is 6.92 Å². The van der Waals surface area contributed by atoms with E-state index in [0.717, 1.165) is 12.0 Å². The van der Waals surface area contributed by atoms with E-state index < -0.39 is 10.0 Å².